The Morgan fingerprint density at radius 3 is 2.69 bits per heavy atom. The number of amides is 1. The molecular weight excluding hydrogens is 224 g/mol. The molecule has 1 saturated carbocycles. The number of likely N-dealkylation sites (tertiary alicyclic amines) is 1. The summed E-state index contributed by atoms with van der Waals surface area (Å²) in [5.74, 6) is 1.23. The highest BCUT2D eigenvalue weighted by atomic mass is 35.5. The molecule has 2 rings (SSSR count). The average molecular weight is 247 g/mol. The maximum atomic E-state index is 12.1. The molecule has 1 aliphatic carbocycles. The molecule has 1 heterocycles. The van der Waals surface area contributed by atoms with Gasteiger partial charge in [0.1, 0.15) is 0 Å². The van der Waals surface area contributed by atoms with Crippen LogP contribution in [0.25, 0.3) is 0 Å². The molecule has 2 N–H and O–H groups in total. The minimum atomic E-state index is 0. The Labute approximate surface area is 104 Å². The summed E-state index contributed by atoms with van der Waals surface area (Å²) in [6.45, 7) is 6.95. The van der Waals surface area contributed by atoms with Gasteiger partial charge in [-0.25, -0.2) is 0 Å². The number of nitrogens with two attached hydrogens (primary N) is 1. The fraction of sp³-hybridized carbons (Fsp3) is 0.917. The van der Waals surface area contributed by atoms with E-state index in [1.807, 2.05) is 4.90 Å². The summed E-state index contributed by atoms with van der Waals surface area (Å²) in [5.41, 5.74) is 5.93. The molecule has 1 saturated heterocycles. The molecule has 3 nitrogen and oxygen atoms in total. The molecule has 0 spiro atoms. The van der Waals surface area contributed by atoms with Gasteiger partial charge in [-0.05, 0) is 37.1 Å². The van der Waals surface area contributed by atoms with Crippen LogP contribution in [0.5, 0.6) is 0 Å². The van der Waals surface area contributed by atoms with Gasteiger partial charge in [0.15, 0.2) is 0 Å². The maximum Gasteiger partial charge on any atom is 0.226 e. The molecule has 16 heavy (non-hydrogen) atoms. The summed E-state index contributed by atoms with van der Waals surface area (Å²) < 4.78 is 0. The molecule has 4 heteroatoms. The Balaban J connectivity index is 0.00000128. The molecule has 0 aromatic carbocycles. The van der Waals surface area contributed by atoms with Crippen LogP contribution in [-0.2, 0) is 4.79 Å². The number of carbonyl (C=O) groups is 1. The van der Waals surface area contributed by atoms with Crippen molar-refractivity contribution in [3.05, 3.63) is 0 Å². The smallest absolute Gasteiger partial charge is 0.226 e. The quantitative estimate of drug-likeness (QED) is 0.823. The predicted molar refractivity (Wildman–Crippen MR) is 67.5 cm³/mol. The van der Waals surface area contributed by atoms with Gasteiger partial charge in [-0.1, -0.05) is 13.8 Å². The zero-order valence-electron chi connectivity index (χ0n) is 10.2. The largest absolute Gasteiger partial charge is 0.342 e. The first-order chi connectivity index (χ1) is 7.10. The Morgan fingerprint density at radius 1 is 1.56 bits per heavy atom. The molecule has 0 bridgehead atoms. The first-order valence-corrected chi connectivity index (χ1v) is 6.09. The van der Waals surface area contributed by atoms with Gasteiger partial charge in [0.25, 0.3) is 0 Å². The van der Waals surface area contributed by atoms with Crippen LogP contribution < -0.4 is 5.73 Å². The molecular formula is C12H23ClN2O. The first-order valence-electron chi connectivity index (χ1n) is 6.09. The van der Waals surface area contributed by atoms with Crippen molar-refractivity contribution >= 4 is 18.3 Å². The van der Waals surface area contributed by atoms with Crippen molar-refractivity contribution in [3.8, 4) is 0 Å². The van der Waals surface area contributed by atoms with Crippen LogP contribution in [0, 0.1) is 17.3 Å². The van der Waals surface area contributed by atoms with Gasteiger partial charge in [0.05, 0.1) is 0 Å². The highest BCUT2D eigenvalue weighted by molar-refractivity contribution is 5.85. The summed E-state index contributed by atoms with van der Waals surface area (Å²) in [5, 5.41) is 0. The second-order valence-electron chi connectivity index (χ2n) is 5.44. The lowest BCUT2D eigenvalue weighted by Crippen LogP contribution is -2.32. The van der Waals surface area contributed by atoms with E-state index < -0.39 is 0 Å². The summed E-state index contributed by atoms with van der Waals surface area (Å²) in [7, 11) is 0. The van der Waals surface area contributed by atoms with Crippen LogP contribution in [0.1, 0.15) is 33.1 Å². The van der Waals surface area contributed by atoms with Gasteiger partial charge < -0.3 is 10.6 Å². The second-order valence-corrected chi connectivity index (χ2v) is 5.44. The Bertz CT molecular complexity index is 272. The maximum absolute atomic E-state index is 12.1. The Hall–Kier alpha value is -0.280. The van der Waals surface area contributed by atoms with Crippen LogP contribution in [-0.4, -0.2) is 30.4 Å². The number of carbonyl (C=O) groups excluding carboxylic acids is 1. The van der Waals surface area contributed by atoms with Crippen molar-refractivity contribution in [2.75, 3.05) is 19.6 Å². The molecule has 3 unspecified atom stereocenters. The molecule has 0 radical (unpaired) electrons. The van der Waals surface area contributed by atoms with Crippen molar-refractivity contribution < 1.29 is 4.79 Å². The van der Waals surface area contributed by atoms with Crippen molar-refractivity contribution in [1.29, 1.82) is 0 Å². The molecule has 3 atom stereocenters. The lowest BCUT2D eigenvalue weighted by atomic mass is 10.0. The molecule has 0 aromatic rings. The second kappa shape index (κ2) is 4.92. The SMILES string of the molecule is CCC1(C)CC1C(=O)N1CCC(CN)C1.Cl. The van der Waals surface area contributed by atoms with E-state index in [-0.39, 0.29) is 12.4 Å². The summed E-state index contributed by atoms with van der Waals surface area (Å²) in [6.07, 6.45) is 3.31. The van der Waals surface area contributed by atoms with Crippen molar-refractivity contribution in [2.24, 2.45) is 23.0 Å². The number of hydrogen-bond donors (Lipinski definition) is 1. The molecule has 0 aromatic heterocycles. The minimum Gasteiger partial charge on any atom is -0.342 e. The van der Waals surface area contributed by atoms with Crippen molar-refractivity contribution in [2.45, 2.75) is 33.1 Å². The van der Waals surface area contributed by atoms with Gasteiger partial charge in [-0.15, -0.1) is 12.4 Å². The van der Waals surface area contributed by atoms with E-state index >= 15 is 0 Å². The number of hydrogen-bond acceptors (Lipinski definition) is 2. The number of halogens is 1. The van der Waals surface area contributed by atoms with Gasteiger partial charge in [-0.3, -0.25) is 4.79 Å². The van der Waals surface area contributed by atoms with E-state index in [9.17, 15) is 4.79 Å². The Kier molecular flexibility index (Phi) is 4.24. The van der Waals surface area contributed by atoms with E-state index in [2.05, 4.69) is 13.8 Å². The fourth-order valence-electron chi connectivity index (χ4n) is 2.63. The Morgan fingerprint density at radius 2 is 2.25 bits per heavy atom. The zero-order chi connectivity index (χ0) is 11.1. The monoisotopic (exact) mass is 246 g/mol. The fourth-order valence-corrected chi connectivity index (χ4v) is 2.63. The van der Waals surface area contributed by atoms with Crippen LogP contribution in [0.3, 0.4) is 0 Å². The number of rotatable bonds is 3. The summed E-state index contributed by atoms with van der Waals surface area (Å²) in [6, 6.07) is 0. The van der Waals surface area contributed by atoms with E-state index in [1.54, 1.807) is 0 Å². The highest BCUT2D eigenvalue weighted by Gasteiger charge is 2.54. The molecule has 2 fully saturated rings. The van der Waals surface area contributed by atoms with Crippen molar-refractivity contribution in [3.63, 3.8) is 0 Å². The average Bonchev–Trinajstić information content (AvgIpc) is 2.74. The van der Waals surface area contributed by atoms with E-state index in [0.717, 1.165) is 38.9 Å². The van der Waals surface area contributed by atoms with Crippen LogP contribution in [0.2, 0.25) is 0 Å². The molecule has 1 amide bonds. The third kappa shape index (κ3) is 2.35. The van der Waals surface area contributed by atoms with Gasteiger partial charge >= 0.3 is 0 Å². The zero-order valence-corrected chi connectivity index (χ0v) is 11.1. The first kappa shape index (κ1) is 13.8. The van der Waals surface area contributed by atoms with Gasteiger partial charge in [0, 0.05) is 19.0 Å². The molecule has 2 aliphatic rings. The number of nitrogens with zero attached hydrogens (tertiary/aromatic N) is 1. The summed E-state index contributed by atoms with van der Waals surface area (Å²) >= 11 is 0. The minimum absolute atomic E-state index is 0. The summed E-state index contributed by atoms with van der Waals surface area (Å²) in [4.78, 5) is 14.2. The molecule has 1 aliphatic heterocycles. The lowest BCUT2D eigenvalue weighted by Gasteiger charge is -2.17. The van der Waals surface area contributed by atoms with Crippen LogP contribution in [0.15, 0.2) is 0 Å². The van der Waals surface area contributed by atoms with E-state index in [1.165, 1.54) is 0 Å². The predicted octanol–water partition coefficient (Wildman–Crippen LogP) is 1.65. The molecule has 94 valence electrons. The lowest BCUT2D eigenvalue weighted by molar-refractivity contribution is -0.132. The van der Waals surface area contributed by atoms with Crippen molar-refractivity contribution in [1.82, 2.24) is 4.90 Å². The normalized spacial score (nSPS) is 37.1. The topological polar surface area (TPSA) is 46.3 Å². The third-order valence-electron chi connectivity index (χ3n) is 4.39. The van der Waals surface area contributed by atoms with Gasteiger partial charge in [0.2, 0.25) is 5.91 Å². The van der Waals surface area contributed by atoms with Crippen LogP contribution >= 0.6 is 12.4 Å². The highest BCUT2D eigenvalue weighted by Crippen LogP contribution is 2.55. The van der Waals surface area contributed by atoms with Gasteiger partial charge in [-0.2, -0.15) is 0 Å². The standard InChI is InChI=1S/C12H22N2O.ClH/c1-3-12(2)6-10(12)11(15)14-5-4-9(7-13)8-14;/h9-10H,3-8,13H2,1-2H3;1H. The third-order valence-corrected chi connectivity index (χ3v) is 4.39. The van der Waals surface area contributed by atoms with E-state index in [0.29, 0.717) is 23.2 Å². The van der Waals surface area contributed by atoms with E-state index in [4.69, 9.17) is 5.73 Å². The van der Waals surface area contributed by atoms with Crippen LogP contribution in [0.4, 0.5) is 0 Å².